The number of pyridine rings is 2. The highest BCUT2D eigenvalue weighted by Gasteiger charge is 2.19. The molecule has 0 unspecified atom stereocenters. The van der Waals surface area contributed by atoms with Crippen LogP contribution in [0, 0.1) is 0 Å². The van der Waals surface area contributed by atoms with Gasteiger partial charge < -0.3 is 9.64 Å². The Morgan fingerprint density at radius 3 is 2.92 bits per heavy atom. The van der Waals surface area contributed by atoms with Gasteiger partial charge in [-0.15, -0.1) is 0 Å². The molecule has 0 radical (unpaired) electrons. The second kappa shape index (κ2) is 8.33. The van der Waals surface area contributed by atoms with Gasteiger partial charge in [-0.2, -0.15) is 0 Å². The van der Waals surface area contributed by atoms with Gasteiger partial charge in [0.15, 0.2) is 0 Å². The fraction of sp³-hybridized carbons (Fsp3) is 0.474. The van der Waals surface area contributed by atoms with E-state index in [0.29, 0.717) is 6.61 Å². The van der Waals surface area contributed by atoms with Crippen LogP contribution in [0.2, 0.25) is 0 Å². The monoisotopic (exact) mass is 326 g/mol. The molecule has 3 heterocycles. The Morgan fingerprint density at radius 2 is 2.12 bits per heavy atom. The van der Waals surface area contributed by atoms with Crippen molar-refractivity contribution in [3.63, 3.8) is 0 Å². The van der Waals surface area contributed by atoms with Crippen molar-refractivity contribution in [3.8, 4) is 0 Å². The van der Waals surface area contributed by atoms with Crippen molar-refractivity contribution in [1.82, 2.24) is 19.8 Å². The molecule has 128 valence electrons. The van der Waals surface area contributed by atoms with Gasteiger partial charge in [-0.25, -0.2) is 0 Å². The predicted octanol–water partition coefficient (Wildman–Crippen LogP) is 2.11. The van der Waals surface area contributed by atoms with Crippen LogP contribution in [0.4, 0.5) is 0 Å². The molecule has 5 nitrogen and oxygen atoms in total. The van der Waals surface area contributed by atoms with Gasteiger partial charge in [0.25, 0.3) is 0 Å². The van der Waals surface area contributed by atoms with E-state index in [2.05, 4.69) is 39.9 Å². The zero-order chi connectivity index (χ0) is 16.8. The van der Waals surface area contributed by atoms with Crippen molar-refractivity contribution in [3.05, 3.63) is 59.2 Å². The molecule has 0 bridgehead atoms. The van der Waals surface area contributed by atoms with Crippen LogP contribution in [-0.2, 0) is 30.9 Å². The number of nitrogens with zero attached hydrogens (tertiary/aromatic N) is 4. The Hall–Kier alpha value is -1.82. The molecule has 3 rings (SSSR count). The summed E-state index contributed by atoms with van der Waals surface area (Å²) in [5, 5.41) is 0. The maximum Gasteiger partial charge on any atom is 0.0735 e. The van der Waals surface area contributed by atoms with Crippen LogP contribution < -0.4 is 0 Å². The highest BCUT2D eigenvalue weighted by molar-refractivity contribution is 5.33. The molecular weight excluding hydrogens is 300 g/mol. The van der Waals surface area contributed by atoms with Crippen LogP contribution in [0.3, 0.4) is 0 Å². The maximum atomic E-state index is 5.82. The number of fused-ring (bicyclic) bond motifs is 1. The van der Waals surface area contributed by atoms with Crippen LogP contribution in [0.5, 0.6) is 0 Å². The quantitative estimate of drug-likeness (QED) is 0.729. The van der Waals surface area contributed by atoms with Crippen LogP contribution in [0.25, 0.3) is 0 Å². The lowest BCUT2D eigenvalue weighted by molar-refractivity contribution is 0.104. The van der Waals surface area contributed by atoms with Gasteiger partial charge in [0.1, 0.15) is 0 Å². The summed E-state index contributed by atoms with van der Waals surface area (Å²) in [7, 11) is 4.12. The summed E-state index contributed by atoms with van der Waals surface area (Å²) in [6.07, 6.45) is 8.80. The molecule has 0 aromatic carbocycles. The first-order valence-electron chi connectivity index (χ1n) is 8.51. The predicted molar refractivity (Wildman–Crippen MR) is 94.5 cm³/mol. The molecule has 5 heteroatoms. The second-order valence-electron chi connectivity index (χ2n) is 6.61. The average molecular weight is 326 g/mol. The van der Waals surface area contributed by atoms with Gasteiger partial charge >= 0.3 is 0 Å². The Kier molecular flexibility index (Phi) is 5.91. The number of ether oxygens (including phenoxy) is 1. The third-order valence-corrected chi connectivity index (χ3v) is 4.38. The van der Waals surface area contributed by atoms with Gasteiger partial charge in [0.2, 0.25) is 0 Å². The lowest BCUT2D eigenvalue weighted by Gasteiger charge is -2.29. The second-order valence-corrected chi connectivity index (χ2v) is 6.61. The zero-order valence-corrected chi connectivity index (χ0v) is 14.6. The minimum Gasteiger partial charge on any atom is -0.375 e. The highest BCUT2D eigenvalue weighted by Crippen LogP contribution is 2.23. The average Bonchev–Trinajstić information content (AvgIpc) is 2.59. The molecule has 0 N–H and O–H groups in total. The molecule has 0 atom stereocenters. The first-order chi connectivity index (χ1) is 11.7. The van der Waals surface area contributed by atoms with Crippen LogP contribution >= 0.6 is 0 Å². The van der Waals surface area contributed by atoms with Crippen LogP contribution in [-0.4, -0.2) is 53.6 Å². The van der Waals surface area contributed by atoms with Crippen LogP contribution in [0.15, 0.2) is 36.9 Å². The Labute approximate surface area is 144 Å². The van der Waals surface area contributed by atoms with Gasteiger partial charge in [0, 0.05) is 51.0 Å². The van der Waals surface area contributed by atoms with E-state index < -0.39 is 0 Å². The molecule has 2 aromatic heterocycles. The number of hydrogen-bond acceptors (Lipinski definition) is 5. The van der Waals surface area contributed by atoms with Crippen LogP contribution in [0.1, 0.15) is 22.3 Å². The van der Waals surface area contributed by atoms with Crippen molar-refractivity contribution in [2.45, 2.75) is 26.1 Å². The summed E-state index contributed by atoms with van der Waals surface area (Å²) in [4.78, 5) is 13.2. The molecule has 1 aliphatic heterocycles. The van der Waals surface area contributed by atoms with Gasteiger partial charge in [-0.3, -0.25) is 14.9 Å². The van der Waals surface area contributed by atoms with E-state index in [-0.39, 0.29) is 0 Å². The summed E-state index contributed by atoms with van der Waals surface area (Å²) < 4.78 is 5.82. The molecule has 0 amide bonds. The van der Waals surface area contributed by atoms with Crippen molar-refractivity contribution in [1.29, 1.82) is 0 Å². The lowest BCUT2D eigenvalue weighted by atomic mass is 9.97. The summed E-state index contributed by atoms with van der Waals surface area (Å²) >= 11 is 0. The number of likely N-dealkylation sites (N-methyl/N-ethyl adjacent to an activating group) is 1. The molecule has 0 fully saturated rings. The smallest absolute Gasteiger partial charge is 0.0735 e. The highest BCUT2D eigenvalue weighted by atomic mass is 16.5. The van der Waals surface area contributed by atoms with E-state index in [4.69, 9.17) is 4.74 Å². The summed E-state index contributed by atoms with van der Waals surface area (Å²) in [5.74, 6) is 0. The van der Waals surface area contributed by atoms with E-state index in [9.17, 15) is 0 Å². The normalized spacial score (nSPS) is 14.8. The first kappa shape index (κ1) is 17.0. The Morgan fingerprint density at radius 1 is 1.21 bits per heavy atom. The molecule has 2 aromatic rings. The van der Waals surface area contributed by atoms with Gasteiger partial charge in [-0.1, -0.05) is 6.07 Å². The summed E-state index contributed by atoms with van der Waals surface area (Å²) in [6.45, 7) is 5.31. The molecule has 0 saturated heterocycles. The SMILES string of the molecule is CN(C)CCOCc1cncc2c1CCN(Cc1cccnc1)C2. The van der Waals surface area contributed by atoms with E-state index >= 15 is 0 Å². The van der Waals surface area contributed by atoms with Gasteiger partial charge in [0.05, 0.1) is 13.2 Å². The summed E-state index contributed by atoms with van der Waals surface area (Å²) in [5.41, 5.74) is 5.26. The molecule has 0 spiro atoms. The van der Waals surface area contributed by atoms with E-state index in [1.54, 1.807) is 0 Å². The number of hydrogen-bond donors (Lipinski definition) is 0. The van der Waals surface area contributed by atoms with Crippen molar-refractivity contribution >= 4 is 0 Å². The molecule has 0 aliphatic carbocycles. The number of aromatic nitrogens is 2. The largest absolute Gasteiger partial charge is 0.375 e. The number of rotatable bonds is 7. The molecule has 1 aliphatic rings. The van der Waals surface area contributed by atoms with Crippen molar-refractivity contribution in [2.75, 3.05) is 33.8 Å². The lowest BCUT2D eigenvalue weighted by Crippen LogP contribution is -2.31. The molecule has 24 heavy (non-hydrogen) atoms. The van der Waals surface area contributed by atoms with Gasteiger partial charge in [-0.05, 0) is 48.8 Å². The molecule has 0 saturated carbocycles. The van der Waals surface area contributed by atoms with E-state index in [1.165, 1.54) is 22.3 Å². The third kappa shape index (κ3) is 4.60. The minimum absolute atomic E-state index is 0.659. The zero-order valence-electron chi connectivity index (χ0n) is 14.6. The maximum absolute atomic E-state index is 5.82. The van der Waals surface area contributed by atoms with Crippen molar-refractivity contribution in [2.24, 2.45) is 0 Å². The minimum atomic E-state index is 0.659. The van der Waals surface area contributed by atoms with E-state index in [1.807, 2.05) is 30.9 Å². The standard InChI is InChI=1S/C19H26N4O/c1-22(2)8-9-24-15-18-12-21-11-17-14-23(7-5-19(17)18)13-16-4-3-6-20-10-16/h3-4,6,10-12H,5,7-9,13-15H2,1-2H3. The first-order valence-corrected chi connectivity index (χ1v) is 8.51. The third-order valence-electron chi connectivity index (χ3n) is 4.38. The fourth-order valence-electron chi connectivity index (χ4n) is 3.06. The Balaban J connectivity index is 1.60. The Bertz CT molecular complexity index is 645. The van der Waals surface area contributed by atoms with E-state index in [0.717, 1.165) is 39.2 Å². The van der Waals surface area contributed by atoms with Crippen molar-refractivity contribution < 1.29 is 4.74 Å². The molecular formula is C19H26N4O. The summed E-state index contributed by atoms with van der Waals surface area (Å²) in [6, 6.07) is 4.13. The fourth-order valence-corrected chi connectivity index (χ4v) is 3.06. The topological polar surface area (TPSA) is 41.5 Å².